The van der Waals surface area contributed by atoms with Gasteiger partial charge in [0, 0.05) is 5.56 Å². The highest BCUT2D eigenvalue weighted by molar-refractivity contribution is 7.08. The fraction of sp³-hybridized carbons (Fsp3) is 0.0625. The van der Waals surface area contributed by atoms with Crippen molar-refractivity contribution in [3.63, 3.8) is 0 Å². The van der Waals surface area contributed by atoms with Gasteiger partial charge in [-0.1, -0.05) is 10.6 Å². The molecule has 1 N–H and O–H groups in total. The van der Waals surface area contributed by atoms with E-state index in [-0.39, 0.29) is 4.88 Å². The van der Waals surface area contributed by atoms with Gasteiger partial charge in [0.15, 0.2) is 0 Å². The molecular weight excluding hydrogens is 336 g/mol. The van der Waals surface area contributed by atoms with Gasteiger partial charge in [-0.05, 0) is 47.9 Å². The van der Waals surface area contributed by atoms with Crippen molar-refractivity contribution >= 4 is 23.1 Å². The maximum absolute atomic E-state index is 13.7. The van der Waals surface area contributed by atoms with Crippen molar-refractivity contribution in [1.29, 1.82) is 0 Å². The summed E-state index contributed by atoms with van der Waals surface area (Å²) in [5.74, 6) is -1.74. The lowest BCUT2D eigenvalue weighted by atomic mass is 10.1. The molecule has 0 aliphatic carbocycles. The first-order valence-electron chi connectivity index (χ1n) is 6.82. The number of hydrogen-bond acceptors (Lipinski definition) is 5. The molecule has 3 aromatic rings. The van der Waals surface area contributed by atoms with Crippen LogP contribution in [0.2, 0.25) is 0 Å². The van der Waals surface area contributed by atoms with Crippen LogP contribution in [0.3, 0.4) is 0 Å². The molecular formula is C16H11F2N3O2S. The summed E-state index contributed by atoms with van der Waals surface area (Å²) in [5.41, 5.74) is 0.470. The van der Waals surface area contributed by atoms with E-state index in [0.29, 0.717) is 17.0 Å². The Hall–Kier alpha value is -2.87. The number of carbonyl (C=O) groups is 1. The summed E-state index contributed by atoms with van der Waals surface area (Å²) >= 11 is 0.844. The van der Waals surface area contributed by atoms with Gasteiger partial charge >= 0.3 is 0 Å². The maximum atomic E-state index is 13.7. The minimum Gasteiger partial charge on any atom is -0.497 e. The van der Waals surface area contributed by atoms with Crippen LogP contribution in [-0.2, 0) is 0 Å². The number of nitrogens with zero attached hydrogens (tertiary/aromatic N) is 2. The van der Waals surface area contributed by atoms with E-state index in [9.17, 15) is 13.6 Å². The van der Waals surface area contributed by atoms with Crippen LogP contribution in [0.1, 0.15) is 9.67 Å². The number of carbonyl (C=O) groups excluding carboxylic acids is 1. The first-order valence-corrected chi connectivity index (χ1v) is 7.59. The van der Waals surface area contributed by atoms with E-state index in [1.165, 1.54) is 6.07 Å². The van der Waals surface area contributed by atoms with Crippen LogP contribution < -0.4 is 10.1 Å². The number of nitrogens with one attached hydrogen (secondary N) is 1. The minimum atomic E-state index is -0.855. The summed E-state index contributed by atoms with van der Waals surface area (Å²) in [6.45, 7) is 0. The molecule has 5 nitrogen and oxygen atoms in total. The second-order valence-corrected chi connectivity index (χ2v) is 5.48. The van der Waals surface area contributed by atoms with Crippen LogP contribution in [-0.4, -0.2) is 22.6 Å². The smallest absolute Gasteiger partial charge is 0.269 e. The van der Waals surface area contributed by atoms with Crippen LogP contribution >= 0.6 is 11.5 Å². The molecule has 0 bridgehead atoms. The molecule has 8 heteroatoms. The second kappa shape index (κ2) is 6.71. The van der Waals surface area contributed by atoms with Gasteiger partial charge in [0.1, 0.15) is 33.6 Å². The van der Waals surface area contributed by atoms with E-state index in [1.807, 2.05) is 0 Å². The Balaban J connectivity index is 1.90. The zero-order valence-electron chi connectivity index (χ0n) is 12.4. The van der Waals surface area contributed by atoms with E-state index in [0.717, 1.165) is 23.7 Å². The zero-order valence-corrected chi connectivity index (χ0v) is 13.2. The molecule has 1 amide bonds. The molecule has 0 spiro atoms. The van der Waals surface area contributed by atoms with Crippen LogP contribution in [0.25, 0.3) is 11.3 Å². The lowest BCUT2D eigenvalue weighted by Gasteiger charge is -2.07. The first-order chi connectivity index (χ1) is 11.6. The first kappa shape index (κ1) is 16.0. The van der Waals surface area contributed by atoms with Crippen molar-refractivity contribution in [2.75, 3.05) is 12.4 Å². The van der Waals surface area contributed by atoms with Gasteiger partial charge in [0.25, 0.3) is 5.91 Å². The third-order valence-corrected chi connectivity index (χ3v) is 3.98. The Morgan fingerprint density at radius 3 is 2.42 bits per heavy atom. The van der Waals surface area contributed by atoms with Crippen molar-refractivity contribution in [3.05, 3.63) is 59.0 Å². The largest absolute Gasteiger partial charge is 0.497 e. The van der Waals surface area contributed by atoms with E-state index in [2.05, 4.69) is 14.9 Å². The molecule has 2 aromatic carbocycles. The molecule has 1 aromatic heterocycles. The summed E-state index contributed by atoms with van der Waals surface area (Å²) in [5, 5.41) is 6.16. The third kappa shape index (κ3) is 3.09. The van der Waals surface area contributed by atoms with Crippen molar-refractivity contribution in [1.82, 2.24) is 9.59 Å². The van der Waals surface area contributed by atoms with Crippen LogP contribution in [0.15, 0.2) is 42.5 Å². The molecule has 122 valence electrons. The average molecular weight is 347 g/mol. The molecule has 0 saturated carbocycles. The molecule has 0 radical (unpaired) electrons. The normalized spacial score (nSPS) is 10.5. The zero-order chi connectivity index (χ0) is 17.1. The van der Waals surface area contributed by atoms with Gasteiger partial charge in [-0.3, -0.25) is 4.79 Å². The molecule has 0 aliphatic rings. The maximum Gasteiger partial charge on any atom is 0.269 e. The number of benzene rings is 2. The van der Waals surface area contributed by atoms with Crippen LogP contribution in [0, 0.1) is 11.6 Å². The van der Waals surface area contributed by atoms with Crippen molar-refractivity contribution in [2.45, 2.75) is 0 Å². The molecule has 0 unspecified atom stereocenters. The summed E-state index contributed by atoms with van der Waals surface area (Å²) in [4.78, 5) is 12.5. The quantitative estimate of drug-likeness (QED) is 0.781. The Kier molecular flexibility index (Phi) is 4.48. The van der Waals surface area contributed by atoms with Gasteiger partial charge in [-0.25, -0.2) is 8.78 Å². The molecule has 0 fully saturated rings. The molecule has 0 saturated heterocycles. The fourth-order valence-electron chi connectivity index (χ4n) is 2.06. The summed E-state index contributed by atoms with van der Waals surface area (Å²) in [6, 6.07) is 10.2. The number of methoxy groups -OCH3 is 1. The SMILES string of the molecule is COc1ccc(-c2nnsc2C(=O)Nc2c(F)cccc2F)cc1. The monoisotopic (exact) mass is 347 g/mol. The minimum absolute atomic E-state index is 0.155. The summed E-state index contributed by atoms with van der Waals surface area (Å²) < 4.78 is 36.2. The number of amides is 1. The summed E-state index contributed by atoms with van der Waals surface area (Å²) in [6.07, 6.45) is 0. The number of rotatable bonds is 4. The standard InChI is InChI=1S/C16H11F2N3O2S/c1-23-10-7-5-9(6-8-10)13-15(24-21-20-13)16(22)19-14-11(17)3-2-4-12(14)18/h2-8H,1H3,(H,19,22). The predicted molar refractivity (Wildman–Crippen MR) is 86.2 cm³/mol. The van der Waals surface area contributed by atoms with Crippen molar-refractivity contribution in [3.8, 4) is 17.0 Å². The number of para-hydroxylation sites is 1. The van der Waals surface area contributed by atoms with E-state index < -0.39 is 23.2 Å². The van der Waals surface area contributed by atoms with Gasteiger partial charge in [0.05, 0.1) is 7.11 Å². The third-order valence-electron chi connectivity index (χ3n) is 3.26. The van der Waals surface area contributed by atoms with Crippen molar-refractivity contribution in [2.24, 2.45) is 0 Å². The Morgan fingerprint density at radius 2 is 1.79 bits per heavy atom. The molecule has 24 heavy (non-hydrogen) atoms. The lowest BCUT2D eigenvalue weighted by Crippen LogP contribution is -2.14. The Bertz CT molecular complexity index is 861. The van der Waals surface area contributed by atoms with Gasteiger partial charge < -0.3 is 10.1 Å². The number of hydrogen-bond donors (Lipinski definition) is 1. The molecule has 0 aliphatic heterocycles. The van der Waals surface area contributed by atoms with E-state index in [4.69, 9.17) is 4.74 Å². The lowest BCUT2D eigenvalue weighted by molar-refractivity contribution is 0.103. The highest BCUT2D eigenvalue weighted by Crippen LogP contribution is 2.27. The molecule has 3 rings (SSSR count). The molecule has 0 atom stereocenters. The number of aromatic nitrogens is 2. The van der Waals surface area contributed by atoms with Gasteiger partial charge in [-0.15, -0.1) is 5.10 Å². The number of ether oxygens (including phenoxy) is 1. The highest BCUT2D eigenvalue weighted by atomic mass is 32.1. The van der Waals surface area contributed by atoms with Gasteiger partial charge in [-0.2, -0.15) is 0 Å². The molecule has 1 heterocycles. The fourth-order valence-corrected chi connectivity index (χ4v) is 2.65. The topological polar surface area (TPSA) is 64.1 Å². The van der Waals surface area contributed by atoms with Gasteiger partial charge in [0.2, 0.25) is 0 Å². The Labute approximate surface area is 140 Å². The average Bonchev–Trinajstić information content (AvgIpc) is 3.08. The Morgan fingerprint density at radius 1 is 1.12 bits per heavy atom. The van der Waals surface area contributed by atoms with Crippen LogP contribution in [0.5, 0.6) is 5.75 Å². The van der Waals surface area contributed by atoms with Crippen LogP contribution in [0.4, 0.5) is 14.5 Å². The number of anilines is 1. The van der Waals surface area contributed by atoms with Crippen molar-refractivity contribution < 1.29 is 18.3 Å². The predicted octanol–water partition coefficient (Wildman–Crippen LogP) is 3.74. The second-order valence-electron chi connectivity index (χ2n) is 4.73. The van der Waals surface area contributed by atoms with E-state index in [1.54, 1.807) is 31.4 Å². The number of halogens is 2. The highest BCUT2D eigenvalue weighted by Gasteiger charge is 2.20. The summed E-state index contributed by atoms with van der Waals surface area (Å²) in [7, 11) is 1.54. The van der Waals surface area contributed by atoms with E-state index >= 15 is 0 Å².